The van der Waals surface area contributed by atoms with Crippen molar-refractivity contribution in [3.63, 3.8) is 0 Å². The first kappa shape index (κ1) is 28.3. The first-order valence-electron chi connectivity index (χ1n) is 9.71. The van der Waals surface area contributed by atoms with E-state index in [-0.39, 0.29) is 70.1 Å². The van der Waals surface area contributed by atoms with Crippen LogP contribution in [0.3, 0.4) is 0 Å². The molecule has 0 saturated carbocycles. The Bertz CT molecular complexity index is 390. The van der Waals surface area contributed by atoms with Crippen LogP contribution < -0.4 is 56.7 Å². The Labute approximate surface area is 200 Å². The van der Waals surface area contributed by atoms with Gasteiger partial charge in [0, 0.05) is 12.8 Å². The molecule has 0 aromatic heterocycles. The number of carboxylic acids is 2. The molecule has 0 heterocycles. The van der Waals surface area contributed by atoms with Gasteiger partial charge in [0.2, 0.25) is 5.91 Å². The molecule has 0 aliphatic carbocycles. The van der Waals surface area contributed by atoms with Gasteiger partial charge in [-0.1, -0.05) is 71.1 Å². The molecule has 1 amide bonds. The Morgan fingerprint density at radius 3 is 1.65 bits per heavy atom. The van der Waals surface area contributed by atoms with Crippen LogP contribution in [0.2, 0.25) is 0 Å². The van der Waals surface area contributed by atoms with E-state index in [0.717, 1.165) is 19.3 Å². The predicted molar refractivity (Wildman–Crippen MR) is 97.5 cm³/mol. The number of hydrogen-bond acceptors (Lipinski definition) is 3. The van der Waals surface area contributed by atoms with Gasteiger partial charge >= 0.3 is 63.3 Å². The van der Waals surface area contributed by atoms with E-state index in [2.05, 4.69) is 12.2 Å². The summed E-state index contributed by atoms with van der Waals surface area (Å²) in [5, 5.41) is 20.0. The summed E-state index contributed by atoms with van der Waals surface area (Å²) < 4.78 is 0. The maximum absolute atomic E-state index is 11.7. The van der Waals surface area contributed by atoms with Gasteiger partial charge in [-0.15, -0.1) is 0 Å². The zero-order valence-electron chi connectivity index (χ0n) is 16.6. The van der Waals surface area contributed by atoms with Gasteiger partial charge < -0.3 is 15.5 Å². The summed E-state index contributed by atoms with van der Waals surface area (Å²) >= 11 is 0. The maximum atomic E-state index is 11.7. The smallest absolute Gasteiger partial charge is 0.481 e. The van der Waals surface area contributed by atoms with Gasteiger partial charge in [-0.05, 0) is 12.8 Å². The molecule has 0 bridgehead atoms. The van der Waals surface area contributed by atoms with E-state index < -0.39 is 18.0 Å². The largest absolute Gasteiger partial charge is 1.00 e. The van der Waals surface area contributed by atoms with Crippen molar-refractivity contribution in [2.24, 2.45) is 0 Å². The molecule has 0 aromatic rings. The molecule has 3 N–H and O–H groups in total. The summed E-state index contributed by atoms with van der Waals surface area (Å²) in [6.07, 6.45) is 13.1. The first-order valence-corrected chi connectivity index (χ1v) is 9.71. The normalized spacial score (nSPS) is 11.4. The van der Waals surface area contributed by atoms with Crippen LogP contribution in [0.5, 0.6) is 0 Å². The van der Waals surface area contributed by atoms with Gasteiger partial charge in [-0.2, -0.15) is 0 Å². The molecule has 0 spiro atoms. The van der Waals surface area contributed by atoms with Gasteiger partial charge in [0.15, 0.2) is 0 Å². The second-order valence-corrected chi connectivity index (χ2v) is 6.68. The van der Waals surface area contributed by atoms with Crippen LogP contribution in [0.4, 0.5) is 0 Å². The van der Waals surface area contributed by atoms with E-state index in [1.54, 1.807) is 0 Å². The fraction of sp³-hybridized carbons (Fsp3) is 0.842. The molecular weight excluding hydrogens is 361 g/mol. The molecule has 146 valence electrons. The van der Waals surface area contributed by atoms with Crippen LogP contribution in [0.25, 0.3) is 0 Å². The molecular formula is C19H35KNO5+. The number of nitrogens with one attached hydrogen (secondary N) is 1. The number of hydrogen-bond donors (Lipinski definition) is 3. The molecule has 0 rings (SSSR count). The minimum atomic E-state index is -1.19. The first-order chi connectivity index (χ1) is 12.0. The van der Waals surface area contributed by atoms with E-state index in [4.69, 9.17) is 10.2 Å². The number of carboxylic acid groups (broad SMARTS) is 2. The van der Waals surface area contributed by atoms with Crippen molar-refractivity contribution >= 4 is 17.8 Å². The molecule has 0 aromatic carbocycles. The standard InChI is InChI=1S/C19H35NO5.K/c1-2-3-4-5-6-7-8-9-10-11-12-13-17(21)20-16(19(24)25)14-15-18(22)23;/h16H,2-15H2,1H3,(H,20,21)(H,22,23)(H,24,25);/q;+1/t16-;/m1./s1. The van der Waals surface area contributed by atoms with Crippen molar-refractivity contribution in [1.82, 2.24) is 5.32 Å². The van der Waals surface area contributed by atoms with Crippen LogP contribution in [0.15, 0.2) is 0 Å². The maximum Gasteiger partial charge on any atom is 1.00 e. The summed E-state index contributed by atoms with van der Waals surface area (Å²) in [6.45, 7) is 2.22. The average molecular weight is 397 g/mol. The Hall–Kier alpha value is 0.0464. The fourth-order valence-electron chi connectivity index (χ4n) is 2.74. The van der Waals surface area contributed by atoms with E-state index in [9.17, 15) is 14.4 Å². The van der Waals surface area contributed by atoms with Crippen molar-refractivity contribution in [3.05, 3.63) is 0 Å². The van der Waals surface area contributed by atoms with Crippen LogP contribution in [-0.4, -0.2) is 34.1 Å². The Balaban J connectivity index is 0. The van der Waals surface area contributed by atoms with Gasteiger partial charge in [-0.25, -0.2) is 4.79 Å². The summed E-state index contributed by atoms with van der Waals surface area (Å²) in [4.78, 5) is 33.2. The molecule has 0 aliphatic rings. The third kappa shape index (κ3) is 18.8. The molecule has 0 saturated heterocycles. The van der Waals surface area contributed by atoms with E-state index in [1.165, 1.54) is 51.4 Å². The van der Waals surface area contributed by atoms with E-state index >= 15 is 0 Å². The molecule has 0 fully saturated rings. The van der Waals surface area contributed by atoms with E-state index in [1.807, 2.05) is 0 Å². The van der Waals surface area contributed by atoms with Crippen LogP contribution in [0.1, 0.15) is 96.8 Å². The Morgan fingerprint density at radius 2 is 1.23 bits per heavy atom. The number of carbonyl (C=O) groups excluding carboxylic acids is 1. The number of carbonyl (C=O) groups is 3. The molecule has 1 atom stereocenters. The zero-order valence-corrected chi connectivity index (χ0v) is 19.7. The molecule has 26 heavy (non-hydrogen) atoms. The quantitative estimate of drug-likeness (QED) is 0.253. The zero-order chi connectivity index (χ0) is 18.9. The Kier molecular flexibility index (Phi) is 21.5. The monoisotopic (exact) mass is 396 g/mol. The second-order valence-electron chi connectivity index (χ2n) is 6.68. The SMILES string of the molecule is CCCCCCCCCCCCCC(=O)N[C@H](CCC(=O)O)C(=O)O.[K+]. The fourth-order valence-corrected chi connectivity index (χ4v) is 2.74. The number of rotatable bonds is 17. The summed E-state index contributed by atoms with van der Waals surface area (Å²) in [5.74, 6) is -2.56. The molecule has 6 nitrogen and oxygen atoms in total. The van der Waals surface area contributed by atoms with Crippen LogP contribution >= 0.6 is 0 Å². The third-order valence-electron chi connectivity index (χ3n) is 4.29. The molecule has 0 unspecified atom stereocenters. The van der Waals surface area contributed by atoms with Crippen molar-refractivity contribution in [2.75, 3.05) is 0 Å². The summed E-state index contributed by atoms with van der Waals surface area (Å²) in [7, 11) is 0. The number of amides is 1. The molecule has 7 heteroatoms. The minimum absolute atomic E-state index is 0. The third-order valence-corrected chi connectivity index (χ3v) is 4.29. The van der Waals surface area contributed by atoms with E-state index in [0.29, 0.717) is 6.42 Å². The number of unbranched alkanes of at least 4 members (excludes halogenated alkanes) is 10. The van der Waals surface area contributed by atoms with Gasteiger partial charge in [0.1, 0.15) is 6.04 Å². The summed E-state index contributed by atoms with van der Waals surface area (Å²) in [5.41, 5.74) is 0. The van der Waals surface area contributed by atoms with Gasteiger partial charge in [0.05, 0.1) is 0 Å². The topological polar surface area (TPSA) is 104 Å². The number of aliphatic carboxylic acids is 2. The minimum Gasteiger partial charge on any atom is -0.481 e. The average Bonchev–Trinajstić information content (AvgIpc) is 2.56. The van der Waals surface area contributed by atoms with Crippen molar-refractivity contribution in [3.8, 4) is 0 Å². The van der Waals surface area contributed by atoms with Crippen molar-refractivity contribution < 1.29 is 76.0 Å². The second kappa shape index (κ2) is 19.8. The van der Waals surface area contributed by atoms with Crippen molar-refractivity contribution in [1.29, 1.82) is 0 Å². The van der Waals surface area contributed by atoms with Crippen molar-refractivity contribution in [2.45, 2.75) is 103 Å². The summed E-state index contributed by atoms with van der Waals surface area (Å²) in [6, 6.07) is -1.11. The Morgan fingerprint density at radius 1 is 0.769 bits per heavy atom. The van der Waals surface area contributed by atoms with Crippen LogP contribution in [0, 0.1) is 0 Å². The van der Waals surface area contributed by atoms with Gasteiger partial charge in [-0.3, -0.25) is 9.59 Å². The molecule has 0 radical (unpaired) electrons. The van der Waals surface area contributed by atoms with Crippen LogP contribution in [-0.2, 0) is 14.4 Å². The molecule has 0 aliphatic heterocycles. The van der Waals surface area contributed by atoms with Gasteiger partial charge in [0.25, 0.3) is 0 Å². The predicted octanol–water partition coefficient (Wildman–Crippen LogP) is 1.13.